The molecule has 3 aromatic rings. The molecule has 0 aliphatic carbocycles. The van der Waals surface area contributed by atoms with Gasteiger partial charge < -0.3 is 15.2 Å². The summed E-state index contributed by atoms with van der Waals surface area (Å²) in [4.78, 5) is 7.93. The lowest BCUT2D eigenvalue weighted by Gasteiger charge is -2.11. The summed E-state index contributed by atoms with van der Waals surface area (Å²) >= 11 is 0. The smallest absolute Gasteiger partial charge is 0.455 e. The largest absolute Gasteiger partial charge is 0.573 e. The first-order valence-corrected chi connectivity index (χ1v) is 6.45. The summed E-state index contributed by atoms with van der Waals surface area (Å²) in [6.07, 6.45) is -1.88. The Balaban J connectivity index is 1.94. The van der Waals surface area contributed by atoms with Crippen LogP contribution in [-0.2, 0) is 0 Å². The highest BCUT2D eigenvalue weighted by molar-refractivity contribution is 5.86. The quantitative estimate of drug-likeness (QED) is 0.792. The molecule has 2 aromatic heterocycles. The molecular formula is C15H10F3N3O2. The number of hydrogen-bond donors (Lipinski definition) is 1. The molecule has 0 saturated heterocycles. The van der Waals surface area contributed by atoms with Gasteiger partial charge in [0.25, 0.3) is 0 Å². The van der Waals surface area contributed by atoms with Gasteiger partial charge in [-0.2, -0.15) is 0 Å². The Labute approximate surface area is 128 Å². The number of fused-ring (bicyclic) bond motifs is 1. The average molecular weight is 321 g/mol. The minimum absolute atomic E-state index is 0.313. The normalized spacial score (nSPS) is 11.4. The van der Waals surface area contributed by atoms with E-state index in [2.05, 4.69) is 14.7 Å². The van der Waals surface area contributed by atoms with Crippen molar-refractivity contribution >= 4 is 16.7 Å². The molecule has 0 radical (unpaired) electrons. The van der Waals surface area contributed by atoms with Crippen LogP contribution < -0.4 is 15.2 Å². The van der Waals surface area contributed by atoms with Gasteiger partial charge in [-0.15, -0.1) is 13.2 Å². The molecule has 23 heavy (non-hydrogen) atoms. The lowest BCUT2D eigenvalue weighted by Crippen LogP contribution is -2.17. The maximum absolute atomic E-state index is 12.3. The van der Waals surface area contributed by atoms with E-state index in [9.17, 15) is 13.2 Å². The zero-order valence-corrected chi connectivity index (χ0v) is 11.5. The van der Waals surface area contributed by atoms with Gasteiger partial charge in [-0.1, -0.05) is 0 Å². The number of benzene rings is 1. The third-order valence-electron chi connectivity index (χ3n) is 2.89. The van der Waals surface area contributed by atoms with Crippen LogP contribution >= 0.6 is 0 Å². The number of alkyl halides is 3. The van der Waals surface area contributed by atoms with Gasteiger partial charge in [-0.05, 0) is 30.3 Å². The first-order chi connectivity index (χ1) is 10.9. The highest BCUT2D eigenvalue weighted by Gasteiger charge is 2.31. The second kappa shape index (κ2) is 5.64. The Morgan fingerprint density at radius 3 is 2.43 bits per heavy atom. The van der Waals surface area contributed by atoms with Gasteiger partial charge in [0.05, 0.1) is 11.7 Å². The number of nitrogen functional groups attached to an aromatic ring is 1. The van der Waals surface area contributed by atoms with Gasteiger partial charge in [0.2, 0.25) is 0 Å². The van der Waals surface area contributed by atoms with E-state index in [1.807, 2.05) is 0 Å². The topological polar surface area (TPSA) is 70.3 Å². The molecule has 1 aromatic carbocycles. The number of aromatic nitrogens is 2. The summed E-state index contributed by atoms with van der Waals surface area (Å²) in [6.45, 7) is 0. The van der Waals surface area contributed by atoms with Crippen molar-refractivity contribution in [2.45, 2.75) is 6.36 Å². The second-order valence-electron chi connectivity index (χ2n) is 4.56. The first-order valence-electron chi connectivity index (χ1n) is 6.45. The Hall–Kier alpha value is -3.03. The molecule has 0 aliphatic rings. The third-order valence-corrected chi connectivity index (χ3v) is 2.89. The third kappa shape index (κ3) is 3.60. The van der Waals surface area contributed by atoms with E-state index >= 15 is 0 Å². The Bertz CT molecular complexity index is 835. The first kappa shape index (κ1) is 14.9. The zero-order valence-electron chi connectivity index (χ0n) is 11.5. The van der Waals surface area contributed by atoms with Crippen LogP contribution in [0.3, 0.4) is 0 Å². The van der Waals surface area contributed by atoms with Crippen LogP contribution in [0.5, 0.6) is 17.2 Å². The van der Waals surface area contributed by atoms with Crippen molar-refractivity contribution in [2.75, 3.05) is 5.73 Å². The molecule has 0 unspecified atom stereocenters. The van der Waals surface area contributed by atoms with Crippen LogP contribution in [0.15, 0.2) is 48.8 Å². The monoisotopic (exact) mass is 321 g/mol. The number of pyridine rings is 2. The van der Waals surface area contributed by atoms with Crippen LogP contribution in [0.1, 0.15) is 0 Å². The van der Waals surface area contributed by atoms with Crippen molar-refractivity contribution in [2.24, 2.45) is 0 Å². The van der Waals surface area contributed by atoms with Crippen molar-refractivity contribution in [1.29, 1.82) is 0 Å². The maximum Gasteiger partial charge on any atom is 0.573 e. The fourth-order valence-corrected chi connectivity index (χ4v) is 1.97. The SMILES string of the molecule is Nc1ccc(Oc2ccnc3cc(OC(F)(F)F)ccc23)cn1. The zero-order chi connectivity index (χ0) is 16.4. The van der Waals surface area contributed by atoms with Gasteiger partial charge >= 0.3 is 6.36 Å². The maximum atomic E-state index is 12.3. The van der Waals surface area contributed by atoms with Gasteiger partial charge in [0.1, 0.15) is 23.1 Å². The number of hydrogen-bond acceptors (Lipinski definition) is 5. The highest BCUT2D eigenvalue weighted by atomic mass is 19.4. The van der Waals surface area contributed by atoms with Crippen LogP contribution in [0.2, 0.25) is 0 Å². The molecule has 8 heteroatoms. The molecule has 0 bridgehead atoms. The summed E-state index contributed by atoms with van der Waals surface area (Å²) in [6, 6.07) is 8.65. The molecule has 118 valence electrons. The van der Waals surface area contributed by atoms with Crippen LogP contribution in [0.4, 0.5) is 19.0 Å². The summed E-state index contributed by atoms with van der Waals surface area (Å²) in [5.74, 6) is 0.886. The van der Waals surface area contributed by atoms with E-state index in [1.165, 1.54) is 30.6 Å². The number of rotatable bonds is 3. The summed E-state index contributed by atoms with van der Waals surface area (Å²) in [5.41, 5.74) is 5.81. The van der Waals surface area contributed by atoms with Gasteiger partial charge in [-0.25, -0.2) is 4.98 Å². The van der Waals surface area contributed by atoms with E-state index in [4.69, 9.17) is 10.5 Å². The van der Waals surface area contributed by atoms with Crippen LogP contribution in [-0.4, -0.2) is 16.3 Å². The predicted molar refractivity (Wildman–Crippen MR) is 77.1 cm³/mol. The van der Waals surface area contributed by atoms with Gasteiger partial charge in [0.15, 0.2) is 0 Å². The van der Waals surface area contributed by atoms with E-state index in [1.54, 1.807) is 18.2 Å². The molecule has 3 rings (SSSR count). The molecule has 2 heterocycles. The highest BCUT2D eigenvalue weighted by Crippen LogP contribution is 2.32. The minimum atomic E-state index is -4.75. The minimum Gasteiger partial charge on any atom is -0.455 e. The van der Waals surface area contributed by atoms with E-state index in [0.717, 1.165) is 0 Å². The van der Waals surface area contributed by atoms with Crippen molar-refractivity contribution in [1.82, 2.24) is 9.97 Å². The van der Waals surface area contributed by atoms with Gasteiger partial charge in [0, 0.05) is 17.6 Å². The molecular weight excluding hydrogens is 311 g/mol. The van der Waals surface area contributed by atoms with Crippen molar-refractivity contribution in [3.05, 3.63) is 48.8 Å². The molecule has 0 aliphatic heterocycles. The lowest BCUT2D eigenvalue weighted by atomic mass is 10.2. The number of nitrogens with zero attached hydrogens (tertiary/aromatic N) is 2. The predicted octanol–water partition coefficient (Wildman–Crippen LogP) is 3.90. The Morgan fingerprint density at radius 2 is 1.74 bits per heavy atom. The fourth-order valence-electron chi connectivity index (χ4n) is 1.97. The molecule has 0 saturated carbocycles. The molecule has 0 fully saturated rings. The standard InChI is InChI=1S/C15H10F3N3O2/c16-15(17,18)23-9-1-3-11-12(7-9)20-6-5-13(11)22-10-2-4-14(19)21-8-10/h1-8H,(H2,19,21). The van der Waals surface area contributed by atoms with Gasteiger partial charge in [-0.3, -0.25) is 4.98 Å². The Morgan fingerprint density at radius 1 is 0.957 bits per heavy atom. The molecule has 0 atom stereocenters. The molecule has 0 amide bonds. The number of halogens is 3. The van der Waals surface area contributed by atoms with E-state index in [-0.39, 0.29) is 5.75 Å². The number of nitrogens with two attached hydrogens (primary N) is 1. The van der Waals surface area contributed by atoms with Crippen LogP contribution in [0.25, 0.3) is 10.9 Å². The molecule has 5 nitrogen and oxygen atoms in total. The van der Waals surface area contributed by atoms with Crippen molar-refractivity contribution in [3.8, 4) is 17.2 Å². The number of ether oxygens (including phenoxy) is 2. The summed E-state index contributed by atoms with van der Waals surface area (Å²) < 4.78 is 46.3. The summed E-state index contributed by atoms with van der Waals surface area (Å²) in [7, 11) is 0. The fraction of sp³-hybridized carbons (Fsp3) is 0.0667. The second-order valence-corrected chi connectivity index (χ2v) is 4.56. The Kier molecular flexibility index (Phi) is 3.65. The molecule has 0 spiro atoms. The lowest BCUT2D eigenvalue weighted by molar-refractivity contribution is -0.274. The number of anilines is 1. The summed E-state index contributed by atoms with van der Waals surface area (Å²) in [5, 5.41) is 0.541. The molecule has 2 N–H and O–H groups in total. The van der Waals surface area contributed by atoms with E-state index in [0.29, 0.717) is 28.2 Å². The van der Waals surface area contributed by atoms with Crippen LogP contribution in [0, 0.1) is 0 Å². The van der Waals surface area contributed by atoms with Crippen molar-refractivity contribution < 1.29 is 22.6 Å². The average Bonchev–Trinajstić information content (AvgIpc) is 2.48. The van der Waals surface area contributed by atoms with Crippen molar-refractivity contribution in [3.63, 3.8) is 0 Å². The van der Waals surface area contributed by atoms with E-state index < -0.39 is 6.36 Å².